The van der Waals surface area contributed by atoms with Crippen molar-refractivity contribution in [1.29, 1.82) is 0 Å². The average molecular weight is 528 g/mol. The molecule has 3 amide bonds. The van der Waals surface area contributed by atoms with E-state index in [0.717, 1.165) is 13.1 Å². The van der Waals surface area contributed by atoms with Gasteiger partial charge in [0.2, 0.25) is 0 Å². The maximum atomic E-state index is 14.8. The molecule has 0 aliphatic carbocycles. The van der Waals surface area contributed by atoms with Crippen molar-refractivity contribution in [1.82, 2.24) is 20.1 Å². The molecule has 2 aromatic rings. The minimum absolute atomic E-state index is 0.148. The van der Waals surface area contributed by atoms with E-state index in [1.54, 1.807) is 36.4 Å². The average Bonchev–Trinajstić information content (AvgIpc) is 3.31. The summed E-state index contributed by atoms with van der Waals surface area (Å²) in [5.41, 5.74) is 0.397. The van der Waals surface area contributed by atoms with E-state index in [9.17, 15) is 18.4 Å². The standard InChI is InChI=1S/C28H35F2N5O3/c1-28(2,3)31-27(37)34(13-12-33-14-16-38-17-15-33)19-26(36)35-25(21-9-5-7-11-23(21)30)18-24(32-35)20-8-4-6-10-22(20)29/h4-11,25H,12-19H2,1-3H3,(H,31,37)/t25-/m0/s1. The molecular weight excluding hydrogens is 492 g/mol. The number of hydrazone groups is 1. The van der Waals surface area contributed by atoms with Crippen molar-refractivity contribution in [3.63, 3.8) is 0 Å². The monoisotopic (exact) mass is 527 g/mol. The van der Waals surface area contributed by atoms with Gasteiger partial charge in [0, 0.05) is 49.3 Å². The minimum atomic E-state index is -0.759. The van der Waals surface area contributed by atoms with E-state index in [1.807, 2.05) is 20.8 Å². The lowest BCUT2D eigenvalue weighted by atomic mass is 9.97. The van der Waals surface area contributed by atoms with Crippen molar-refractivity contribution >= 4 is 17.6 Å². The Morgan fingerprint density at radius 2 is 1.71 bits per heavy atom. The van der Waals surface area contributed by atoms with Crippen LogP contribution in [0.1, 0.15) is 44.4 Å². The van der Waals surface area contributed by atoms with E-state index >= 15 is 0 Å². The summed E-state index contributed by atoms with van der Waals surface area (Å²) in [5.74, 6) is -1.42. The number of urea groups is 1. The van der Waals surface area contributed by atoms with Crippen molar-refractivity contribution in [2.24, 2.45) is 5.10 Å². The van der Waals surface area contributed by atoms with Crippen molar-refractivity contribution in [3.8, 4) is 0 Å². The van der Waals surface area contributed by atoms with Gasteiger partial charge in [-0.3, -0.25) is 9.69 Å². The first-order valence-electron chi connectivity index (χ1n) is 12.9. The number of amides is 3. The molecule has 2 heterocycles. The molecule has 4 rings (SSSR count). The Morgan fingerprint density at radius 3 is 2.37 bits per heavy atom. The fourth-order valence-corrected chi connectivity index (χ4v) is 4.56. The second-order valence-electron chi connectivity index (χ2n) is 10.6. The van der Waals surface area contributed by atoms with Gasteiger partial charge in [0.05, 0.1) is 25.0 Å². The molecule has 2 aliphatic rings. The highest BCUT2D eigenvalue weighted by Crippen LogP contribution is 2.34. The molecular formula is C28H35F2N5O3. The number of carbonyl (C=O) groups excluding carboxylic acids is 2. The molecule has 204 valence electrons. The highest BCUT2D eigenvalue weighted by atomic mass is 19.1. The smallest absolute Gasteiger partial charge is 0.318 e. The number of carbonyl (C=O) groups is 2. The number of nitrogens with one attached hydrogen (secondary N) is 1. The van der Waals surface area contributed by atoms with Gasteiger partial charge in [-0.05, 0) is 32.9 Å². The number of morpholine rings is 1. The summed E-state index contributed by atoms with van der Waals surface area (Å²) in [6, 6.07) is 11.2. The highest BCUT2D eigenvalue weighted by Gasteiger charge is 2.36. The highest BCUT2D eigenvalue weighted by molar-refractivity contribution is 6.03. The van der Waals surface area contributed by atoms with E-state index in [-0.39, 0.29) is 30.1 Å². The SMILES string of the molecule is CC(C)(C)NC(=O)N(CCN1CCOCC1)CC(=O)N1N=C(c2ccccc2F)C[C@H]1c1ccccc1F. The van der Waals surface area contributed by atoms with Gasteiger partial charge < -0.3 is 15.0 Å². The van der Waals surface area contributed by atoms with Crippen molar-refractivity contribution < 1.29 is 23.1 Å². The molecule has 0 radical (unpaired) electrons. The van der Waals surface area contributed by atoms with Gasteiger partial charge in [-0.2, -0.15) is 5.10 Å². The summed E-state index contributed by atoms with van der Waals surface area (Å²) in [6.45, 7) is 8.99. The Kier molecular flexibility index (Phi) is 8.73. The molecule has 2 aromatic carbocycles. The Morgan fingerprint density at radius 1 is 1.05 bits per heavy atom. The summed E-state index contributed by atoms with van der Waals surface area (Å²) in [6.07, 6.45) is 0.148. The van der Waals surface area contributed by atoms with Crippen LogP contribution in [0.2, 0.25) is 0 Å². The predicted molar refractivity (Wildman–Crippen MR) is 141 cm³/mol. The molecule has 1 fully saturated rings. The zero-order valence-corrected chi connectivity index (χ0v) is 22.1. The normalized spacial score (nSPS) is 18.3. The Balaban J connectivity index is 1.59. The topological polar surface area (TPSA) is 77.5 Å². The van der Waals surface area contributed by atoms with Crippen LogP contribution >= 0.6 is 0 Å². The fourth-order valence-electron chi connectivity index (χ4n) is 4.56. The number of hydrogen-bond donors (Lipinski definition) is 1. The van der Waals surface area contributed by atoms with Crippen LogP contribution in [0.5, 0.6) is 0 Å². The number of benzene rings is 2. The van der Waals surface area contributed by atoms with Gasteiger partial charge in [-0.15, -0.1) is 0 Å². The van der Waals surface area contributed by atoms with Crippen LogP contribution in [0.3, 0.4) is 0 Å². The molecule has 2 aliphatic heterocycles. The van der Waals surface area contributed by atoms with Gasteiger partial charge >= 0.3 is 6.03 Å². The van der Waals surface area contributed by atoms with Gasteiger partial charge in [0.15, 0.2) is 0 Å². The van der Waals surface area contributed by atoms with E-state index in [4.69, 9.17) is 4.74 Å². The Hall–Kier alpha value is -3.37. The van der Waals surface area contributed by atoms with E-state index < -0.39 is 29.1 Å². The van der Waals surface area contributed by atoms with E-state index in [0.29, 0.717) is 32.0 Å². The van der Waals surface area contributed by atoms with Crippen LogP contribution in [0.15, 0.2) is 53.6 Å². The summed E-state index contributed by atoms with van der Waals surface area (Å²) >= 11 is 0. The summed E-state index contributed by atoms with van der Waals surface area (Å²) in [7, 11) is 0. The first kappa shape index (κ1) is 27.7. The quantitative estimate of drug-likeness (QED) is 0.595. The molecule has 1 atom stereocenters. The maximum Gasteiger partial charge on any atom is 0.318 e. The van der Waals surface area contributed by atoms with Crippen LogP contribution in [-0.2, 0) is 9.53 Å². The first-order valence-corrected chi connectivity index (χ1v) is 12.9. The van der Waals surface area contributed by atoms with Gasteiger partial charge in [-0.25, -0.2) is 18.6 Å². The largest absolute Gasteiger partial charge is 0.379 e. The third kappa shape index (κ3) is 6.93. The lowest BCUT2D eigenvalue weighted by Gasteiger charge is -2.32. The molecule has 0 aromatic heterocycles. The zero-order valence-electron chi connectivity index (χ0n) is 22.1. The van der Waals surface area contributed by atoms with Crippen molar-refractivity contribution in [2.45, 2.75) is 38.8 Å². The third-order valence-corrected chi connectivity index (χ3v) is 6.50. The molecule has 0 spiro atoms. The molecule has 10 heteroatoms. The number of halogens is 2. The zero-order chi connectivity index (χ0) is 27.3. The lowest BCUT2D eigenvalue weighted by molar-refractivity contribution is -0.133. The third-order valence-electron chi connectivity index (χ3n) is 6.50. The summed E-state index contributed by atoms with van der Waals surface area (Å²) in [4.78, 5) is 30.5. The van der Waals surface area contributed by atoms with Crippen LogP contribution < -0.4 is 5.32 Å². The predicted octanol–water partition coefficient (Wildman–Crippen LogP) is 3.78. The number of ether oxygens (including phenoxy) is 1. The van der Waals surface area contributed by atoms with Crippen LogP contribution in [0.25, 0.3) is 0 Å². The second-order valence-corrected chi connectivity index (χ2v) is 10.6. The van der Waals surface area contributed by atoms with Crippen LogP contribution in [-0.4, -0.2) is 83.9 Å². The first-order chi connectivity index (χ1) is 18.1. The molecule has 0 bridgehead atoms. The van der Waals surface area contributed by atoms with Gasteiger partial charge in [0.1, 0.15) is 18.2 Å². The lowest BCUT2D eigenvalue weighted by Crippen LogP contribution is -2.53. The van der Waals surface area contributed by atoms with Crippen molar-refractivity contribution in [3.05, 3.63) is 71.3 Å². The van der Waals surface area contributed by atoms with Crippen molar-refractivity contribution in [2.75, 3.05) is 45.9 Å². The van der Waals surface area contributed by atoms with E-state index in [2.05, 4.69) is 15.3 Å². The van der Waals surface area contributed by atoms with E-state index in [1.165, 1.54) is 22.0 Å². The van der Waals surface area contributed by atoms with Crippen LogP contribution in [0, 0.1) is 11.6 Å². The molecule has 1 N–H and O–H groups in total. The molecule has 8 nitrogen and oxygen atoms in total. The molecule has 1 saturated heterocycles. The Bertz CT molecular complexity index is 1180. The number of nitrogens with zero attached hydrogens (tertiary/aromatic N) is 4. The Labute approximate surface area is 222 Å². The number of rotatable bonds is 7. The minimum Gasteiger partial charge on any atom is -0.379 e. The molecule has 0 saturated carbocycles. The number of hydrogen-bond acceptors (Lipinski definition) is 5. The summed E-state index contributed by atoms with van der Waals surface area (Å²) in [5, 5.41) is 8.59. The molecule has 38 heavy (non-hydrogen) atoms. The van der Waals surface area contributed by atoms with Gasteiger partial charge in [0.25, 0.3) is 5.91 Å². The fraction of sp³-hybridized carbons (Fsp3) is 0.464. The molecule has 0 unspecified atom stereocenters. The maximum absolute atomic E-state index is 14.8. The van der Waals surface area contributed by atoms with Gasteiger partial charge in [-0.1, -0.05) is 36.4 Å². The summed E-state index contributed by atoms with van der Waals surface area (Å²) < 4.78 is 34.8. The second kappa shape index (κ2) is 12.0. The van der Waals surface area contributed by atoms with Crippen LogP contribution in [0.4, 0.5) is 13.6 Å².